The van der Waals surface area contributed by atoms with E-state index in [1.807, 2.05) is 60.7 Å². The fourth-order valence-corrected chi connectivity index (χ4v) is 4.89. The van der Waals surface area contributed by atoms with Gasteiger partial charge in [-0.2, -0.15) is 4.98 Å². The van der Waals surface area contributed by atoms with E-state index in [9.17, 15) is 10.2 Å². The van der Waals surface area contributed by atoms with Gasteiger partial charge in [0.1, 0.15) is 11.1 Å². The van der Waals surface area contributed by atoms with E-state index in [4.69, 9.17) is 15.2 Å². The Morgan fingerprint density at radius 3 is 2.37 bits per heavy atom. The highest BCUT2D eigenvalue weighted by Gasteiger charge is 2.56. The highest BCUT2D eigenvalue weighted by molar-refractivity contribution is 5.70. The monoisotopic (exact) mass is 475 g/mol. The van der Waals surface area contributed by atoms with Gasteiger partial charge in [0.25, 0.3) is 0 Å². The van der Waals surface area contributed by atoms with Crippen LogP contribution in [0.15, 0.2) is 73.2 Å². The Morgan fingerprint density at radius 2 is 1.69 bits per heavy atom. The average molecular weight is 476 g/mol. The summed E-state index contributed by atoms with van der Waals surface area (Å²) in [6.45, 7) is 0.523. The summed E-state index contributed by atoms with van der Waals surface area (Å²) in [4.78, 5) is 12.7. The maximum atomic E-state index is 11.9. The van der Waals surface area contributed by atoms with Gasteiger partial charge in [0.15, 0.2) is 5.65 Å². The zero-order valence-corrected chi connectivity index (χ0v) is 19.3. The van der Waals surface area contributed by atoms with Crippen molar-refractivity contribution in [1.29, 1.82) is 0 Å². The zero-order chi connectivity index (χ0) is 24.3. The lowest BCUT2D eigenvalue weighted by Gasteiger charge is -2.34. The van der Waals surface area contributed by atoms with Crippen molar-refractivity contribution in [3.8, 4) is 0 Å². The number of nitrogens with two attached hydrogens (primary N) is 1. The van der Waals surface area contributed by atoms with Crippen molar-refractivity contribution >= 4 is 17.1 Å². The zero-order valence-electron chi connectivity index (χ0n) is 19.3. The van der Waals surface area contributed by atoms with Crippen molar-refractivity contribution in [3.05, 3.63) is 84.3 Å². The van der Waals surface area contributed by atoms with E-state index >= 15 is 0 Å². The molecular formula is C26H29N5O4. The normalized spacial score (nSPS) is 24.2. The number of nitrogens with zero attached hydrogens (tertiary/aromatic N) is 4. The Hall–Kier alpha value is -3.37. The molecule has 9 nitrogen and oxygen atoms in total. The maximum Gasteiger partial charge on any atom is 0.222 e. The third-order valence-electron chi connectivity index (χ3n) is 6.76. The first-order valence-corrected chi connectivity index (χ1v) is 11.6. The van der Waals surface area contributed by atoms with Crippen molar-refractivity contribution in [2.45, 2.75) is 37.4 Å². The first-order valence-electron chi connectivity index (χ1n) is 11.6. The third kappa shape index (κ3) is 4.76. The Kier molecular flexibility index (Phi) is 6.74. The lowest BCUT2D eigenvalue weighted by molar-refractivity contribution is -0.120. The van der Waals surface area contributed by atoms with E-state index in [1.165, 1.54) is 0 Å². The molecule has 4 aromatic rings. The molecule has 0 spiro atoms. The molecule has 2 heterocycles. The van der Waals surface area contributed by atoms with Gasteiger partial charge in [-0.1, -0.05) is 60.7 Å². The number of benzene rings is 2. The first-order chi connectivity index (χ1) is 17.1. The molecule has 0 aliphatic heterocycles. The van der Waals surface area contributed by atoms with Gasteiger partial charge in [0, 0.05) is 5.92 Å². The van der Waals surface area contributed by atoms with Crippen LogP contribution in [0, 0.1) is 5.92 Å². The van der Waals surface area contributed by atoms with Gasteiger partial charge < -0.3 is 30.0 Å². The smallest absolute Gasteiger partial charge is 0.222 e. The lowest BCUT2D eigenvalue weighted by Crippen LogP contribution is -2.48. The second kappa shape index (κ2) is 10.1. The quantitative estimate of drug-likeness (QED) is 0.337. The van der Waals surface area contributed by atoms with Gasteiger partial charge in [-0.3, -0.25) is 0 Å². The van der Waals surface area contributed by atoms with E-state index < -0.39 is 24.2 Å². The highest BCUT2D eigenvalue weighted by Crippen LogP contribution is 2.46. The minimum Gasteiger partial charge on any atom is -0.393 e. The number of aromatic nitrogens is 4. The molecule has 0 radical (unpaired) electrons. The van der Waals surface area contributed by atoms with E-state index in [1.54, 1.807) is 17.1 Å². The average Bonchev–Trinajstić information content (AvgIpc) is 3.42. The van der Waals surface area contributed by atoms with Crippen LogP contribution in [0.3, 0.4) is 0 Å². The number of hydrogen-bond acceptors (Lipinski definition) is 8. The highest BCUT2D eigenvalue weighted by atomic mass is 16.5. The number of aliphatic hydroxyl groups is 2. The molecule has 2 aromatic heterocycles. The largest absolute Gasteiger partial charge is 0.393 e. The minimum absolute atomic E-state index is 0.115. The van der Waals surface area contributed by atoms with Crippen molar-refractivity contribution in [3.63, 3.8) is 0 Å². The van der Waals surface area contributed by atoms with Crippen molar-refractivity contribution in [2.75, 3.05) is 18.9 Å². The van der Waals surface area contributed by atoms with Crippen molar-refractivity contribution in [1.82, 2.24) is 19.5 Å². The molecule has 182 valence electrons. The molecule has 1 saturated carbocycles. The standard InChI is InChI=1S/C26H29N5O4/c27-25-28-12-21-24(30-25)31(17-29-21)23-11-22(35-14-19-9-5-2-6-10-19)20(26(23,33)16-32)15-34-13-18-7-3-1-4-8-18/h1-10,12,17,20,22-23,32-33H,11,13-16H2,(H2,27,28,30)/t20?,22-,23-,26-/m0/s1. The van der Waals surface area contributed by atoms with Crippen LogP contribution in [0.2, 0.25) is 0 Å². The molecule has 0 bridgehead atoms. The second-order valence-corrected chi connectivity index (χ2v) is 8.93. The van der Waals surface area contributed by atoms with E-state index in [2.05, 4.69) is 15.0 Å². The third-order valence-corrected chi connectivity index (χ3v) is 6.76. The molecule has 0 amide bonds. The second-order valence-electron chi connectivity index (χ2n) is 8.93. The van der Waals surface area contributed by atoms with E-state index in [0.29, 0.717) is 30.8 Å². The number of anilines is 1. The van der Waals surface area contributed by atoms with Crippen LogP contribution >= 0.6 is 0 Å². The van der Waals surface area contributed by atoms with Crippen LogP contribution in [-0.2, 0) is 22.7 Å². The molecule has 1 aliphatic rings. The predicted molar refractivity (Wildman–Crippen MR) is 130 cm³/mol. The molecule has 4 N–H and O–H groups in total. The Balaban J connectivity index is 1.42. The topological polar surface area (TPSA) is 129 Å². The molecule has 4 atom stereocenters. The van der Waals surface area contributed by atoms with Gasteiger partial charge in [-0.05, 0) is 17.5 Å². The number of imidazole rings is 1. The Morgan fingerprint density at radius 1 is 1.00 bits per heavy atom. The maximum absolute atomic E-state index is 11.9. The van der Waals surface area contributed by atoms with Gasteiger partial charge in [-0.15, -0.1) is 0 Å². The number of aliphatic hydroxyl groups excluding tert-OH is 1. The SMILES string of the molecule is Nc1ncc2ncn([C@H]3C[C@H](OCc4ccccc4)C(COCc4ccccc4)[C@@]3(O)CO)c2n1. The van der Waals surface area contributed by atoms with Gasteiger partial charge in [0.2, 0.25) is 5.95 Å². The summed E-state index contributed by atoms with van der Waals surface area (Å²) in [5.74, 6) is -0.369. The van der Waals surface area contributed by atoms with Gasteiger partial charge in [-0.25, -0.2) is 9.97 Å². The van der Waals surface area contributed by atoms with Crippen molar-refractivity contribution < 1.29 is 19.7 Å². The lowest BCUT2D eigenvalue weighted by atomic mass is 9.88. The van der Waals surface area contributed by atoms with Gasteiger partial charge >= 0.3 is 0 Å². The van der Waals surface area contributed by atoms with Crippen molar-refractivity contribution in [2.24, 2.45) is 5.92 Å². The fourth-order valence-electron chi connectivity index (χ4n) is 4.89. The number of ether oxygens (including phenoxy) is 2. The van der Waals surface area contributed by atoms with Gasteiger partial charge in [0.05, 0.1) is 51.1 Å². The minimum atomic E-state index is -1.52. The first kappa shape index (κ1) is 23.4. The summed E-state index contributed by atoms with van der Waals surface area (Å²) >= 11 is 0. The number of fused-ring (bicyclic) bond motifs is 1. The molecule has 9 heteroatoms. The summed E-state index contributed by atoms with van der Waals surface area (Å²) in [5.41, 5.74) is 7.42. The van der Waals surface area contributed by atoms with Crippen LogP contribution in [0.5, 0.6) is 0 Å². The predicted octanol–water partition coefficient (Wildman–Crippen LogP) is 2.50. The molecule has 5 rings (SSSR count). The van der Waals surface area contributed by atoms with Crippen LogP contribution in [0.25, 0.3) is 11.2 Å². The molecule has 1 unspecified atom stereocenters. The molecule has 1 fully saturated rings. The molecule has 2 aromatic carbocycles. The van der Waals surface area contributed by atoms with Crippen LogP contribution < -0.4 is 5.73 Å². The summed E-state index contributed by atoms with van der Waals surface area (Å²) < 4.78 is 14.1. The summed E-state index contributed by atoms with van der Waals surface area (Å²) in [6, 6.07) is 19.2. The summed E-state index contributed by atoms with van der Waals surface area (Å²) in [6.07, 6.45) is 3.22. The van der Waals surface area contributed by atoms with Crippen LogP contribution in [-0.4, -0.2) is 54.7 Å². The molecule has 35 heavy (non-hydrogen) atoms. The Bertz CT molecular complexity index is 1250. The number of hydrogen-bond donors (Lipinski definition) is 3. The summed E-state index contributed by atoms with van der Waals surface area (Å²) in [7, 11) is 0. The number of rotatable bonds is 9. The van der Waals surface area contributed by atoms with E-state index in [-0.39, 0.29) is 18.7 Å². The van der Waals surface area contributed by atoms with E-state index in [0.717, 1.165) is 11.1 Å². The molecular weight excluding hydrogens is 446 g/mol. The number of nitrogen functional groups attached to an aromatic ring is 1. The Labute approximate surface area is 203 Å². The molecule has 1 aliphatic carbocycles. The molecule has 0 saturated heterocycles. The van der Waals surface area contributed by atoms with Crippen LogP contribution in [0.1, 0.15) is 23.6 Å². The fraction of sp³-hybridized carbons (Fsp3) is 0.346. The van der Waals surface area contributed by atoms with Crippen LogP contribution in [0.4, 0.5) is 5.95 Å². The summed E-state index contributed by atoms with van der Waals surface area (Å²) in [5, 5.41) is 22.3.